The first kappa shape index (κ1) is 19.5. The van der Waals surface area contributed by atoms with Crippen LogP contribution in [0.4, 0.5) is 4.79 Å². The van der Waals surface area contributed by atoms with Crippen molar-refractivity contribution in [3.63, 3.8) is 0 Å². The smallest absolute Gasteiger partial charge is 0.325 e. The Hall–Kier alpha value is -2.81. The Morgan fingerprint density at radius 2 is 1.90 bits per heavy atom. The summed E-state index contributed by atoms with van der Waals surface area (Å²) in [6.45, 7) is 4.34. The minimum atomic E-state index is -0.630. The lowest BCUT2D eigenvalue weighted by Crippen LogP contribution is -2.64. The topological polar surface area (TPSA) is 88.6 Å². The van der Waals surface area contributed by atoms with Crippen molar-refractivity contribution in [3.05, 3.63) is 34.9 Å². The average molecular weight is 419 g/mol. The summed E-state index contributed by atoms with van der Waals surface area (Å²) in [5.74, 6) is 0.329. The maximum absolute atomic E-state index is 12.7. The number of carbonyl (C=O) groups is 3. The molecule has 0 spiro atoms. The predicted octanol–water partition coefficient (Wildman–Crippen LogP) is 0.552. The van der Waals surface area contributed by atoms with E-state index in [1.165, 1.54) is 4.90 Å². The Kier molecular flexibility index (Phi) is 5.08. The number of amides is 4. The van der Waals surface area contributed by atoms with Crippen LogP contribution >= 0.6 is 11.6 Å². The Labute approximate surface area is 173 Å². The monoisotopic (exact) mass is 418 g/mol. The molecule has 0 saturated carbocycles. The fraction of sp³-hybridized carbons (Fsp3) is 0.474. The first-order valence-electron chi connectivity index (χ1n) is 9.53. The van der Waals surface area contributed by atoms with Gasteiger partial charge in [0.15, 0.2) is 18.2 Å². The van der Waals surface area contributed by atoms with Crippen LogP contribution < -0.4 is 5.32 Å². The van der Waals surface area contributed by atoms with Crippen molar-refractivity contribution in [3.8, 4) is 0 Å². The number of urea groups is 1. The minimum absolute atomic E-state index is 0.0457. The van der Waals surface area contributed by atoms with Crippen LogP contribution in [0.5, 0.6) is 0 Å². The highest BCUT2D eigenvalue weighted by Gasteiger charge is 2.50. The van der Waals surface area contributed by atoms with Crippen LogP contribution in [0, 0.1) is 0 Å². The summed E-state index contributed by atoms with van der Waals surface area (Å²) >= 11 is 6.36. The van der Waals surface area contributed by atoms with Crippen LogP contribution in [-0.2, 0) is 16.1 Å². The Morgan fingerprint density at radius 3 is 2.55 bits per heavy atom. The molecule has 0 aliphatic carbocycles. The Balaban J connectivity index is 1.64. The van der Waals surface area contributed by atoms with Gasteiger partial charge in [0.2, 0.25) is 5.91 Å². The molecule has 1 N–H and O–H groups in total. The number of hydrogen-bond donors (Lipinski definition) is 1. The zero-order valence-electron chi connectivity index (χ0n) is 16.3. The molecule has 9 nitrogen and oxygen atoms in total. The van der Waals surface area contributed by atoms with Gasteiger partial charge in [0.25, 0.3) is 5.91 Å². The Bertz CT molecular complexity index is 882. The standard InChI is InChI=1S/C19H23ClN6O3/c1-12(27)24-7-9-25(10-8-24)18-21-16-15(17(28)22-19(29)23(16)2)26(18)11-13-5-3-4-6-14(13)20/h3-6,15-16H,7-11H2,1-2H3,(H,22,28,29). The predicted molar refractivity (Wildman–Crippen MR) is 107 cm³/mol. The number of benzene rings is 1. The molecular formula is C19H23ClN6O3. The molecule has 2 fully saturated rings. The van der Waals surface area contributed by atoms with E-state index in [1.807, 2.05) is 29.2 Å². The number of imide groups is 1. The number of rotatable bonds is 2. The molecule has 2 saturated heterocycles. The molecule has 29 heavy (non-hydrogen) atoms. The highest BCUT2D eigenvalue weighted by Crippen LogP contribution is 2.29. The number of nitrogens with zero attached hydrogens (tertiary/aromatic N) is 5. The van der Waals surface area contributed by atoms with Crippen LogP contribution in [0.1, 0.15) is 12.5 Å². The lowest BCUT2D eigenvalue weighted by Gasteiger charge is -2.40. The zero-order valence-corrected chi connectivity index (χ0v) is 17.1. The molecule has 3 aliphatic rings. The van der Waals surface area contributed by atoms with Crippen molar-refractivity contribution in [1.82, 2.24) is 24.9 Å². The number of halogens is 1. The van der Waals surface area contributed by atoms with E-state index in [9.17, 15) is 14.4 Å². The van der Waals surface area contributed by atoms with Gasteiger partial charge >= 0.3 is 6.03 Å². The minimum Gasteiger partial charge on any atom is -0.339 e. The molecule has 1 aromatic carbocycles. The van der Waals surface area contributed by atoms with E-state index in [2.05, 4.69) is 10.2 Å². The van der Waals surface area contributed by atoms with Gasteiger partial charge in [-0.3, -0.25) is 14.9 Å². The van der Waals surface area contributed by atoms with Crippen LogP contribution in [0.15, 0.2) is 29.3 Å². The maximum Gasteiger partial charge on any atom is 0.325 e. The molecule has 0 radical (unpaired) electrons. The second kappa shape index (κ2) is 7.55. The number of nitrogens with one attached hydrogen (secondary N) is 1. The fourth-order valence-electron chi connectivity index (χ4n) is 3.98. The summed E-state index contributed by atoms with van der Waals surface area (Å²) in [5, 5.41) is 3.01. The van der Waals surface area contributed by atoms with Crippen molar-refractivity contribution >= 4 is 35.4 Å². The largest absolute Gasteiger partial charge is 0.339 e. The number of aliphatic imine (C=N–C) groups is 1. The summed E-state index contributed by atoms with van der Waals surface area (Å²) < 4.78 is 0. The van der Waals surface area contributed by atoms with Gasteiger partial charge in [-0.05, 0) is 11.6 Å². The third kappa shape index (κ3) is 3.50. The number of fused-ring (bicyclic) bond motifs is 1. The molecule has 0 aromatic heterocycles. The van der Waals surface area contributed by atoms with Crippen molar-refractivity contribution in [2.45, 2.75) is 25.7 Å². The van der Waals surface area contributed by atoms with Crippen LogP contribution in [0.2, 0.25) is 5.02 Å². The lowest BCUT2D eigenvalue weighted by atomic mass is 10.1. The molecular weight excluding hydrogens is 396 g/mol. The molecule has 1 aromatic rings. The second-order valence-corrected chi connectivity index (χ2v) is 7.81. The van der Waals surface area contributed by atoms with Crippen molar-refractivity contribution in [2.24, 2.45) is 4.99 Å². The zero-order chi connectivity index (χ0) is 20.7. The van der Waals surface area contributed by atoms with Crippen molar-refractivity contribution < 1.29 is 14.4 Å². The van der Waals surface area contributed by atoms with Gasteiger partial charge in [-0.15, -0.1) is 0 Å². The van der Waals surface area contributed by atoms with Gasteiger partial charge in [0.05, 0.1) is 0 Å². The van der Waals surface area contributed by atoms with E-state index in [0.717, 1.165) is 5.56 Å². The summed E-state index contributed by atoms with van der Waals surface area (Å²) in [6, 6.07) is 6.39. The van der Waals surface area contributed by atoms with Crippen molar-refractivity contribution in [1.29, 1.82) is 0 Å². The van der Waals surface area contributed by atoms with Gasteiger partial charge in [-0.1, -0.05) is 29.8 Å². The first-order valence-corrected chi connectivity index (χ1v) is 9.90. The van der Waals surface area contributed by atoms with Crippen LogP contribution in [-0.4, -0.2) is 88.8 Å². The van der Waals surface area contributed by atoms with E-state index in [1.54, 1.807) is 18.9 Å². The third-order valence-electron chi connectivity index (χ3n) is 5.65. The van der Waals surface area contributed by atoms with Gasteiger partial charge in [0, 0.05) is 51.7 Å². The summed E-state index contributed by atoms with van der Waals surface area (Å²) in [7, 11) is 1.63. The molecule has 2 unspecified atom stereocenters. The van der Waals surface area contributed by atoms with E-state index < -0.39 is 18.2 Å². The average Bonchev–Trinajstić information content (AvgIpc) is 3.08. The maximum atomic E-state index is 12.7. The number of hydrogen-bond acceptors (Lipinski definition) is 6. The molecule has 4 rings (SSSR count). The molecule has 3 heterocycles. The highest BCUT2D eigenvalue weighted by atomic mass is 35.5. The third-order valence-corrected chi connectivity index (χ3v) is 6.01. The molecule has 0 bridgehead atoms. The summed E-state index contributed by atoms with van der Waals surface area (Å²) in [4.78, 5) is 48.4. The number of guanidine groups is 1. The SMILES string of the molecule is CC(=O)N1CCN(C2=NC3C(C(=O)NC(=O)N3C)N2Cc2ccccc2Cl)CC1. The number of piperazine rings is 1. The Morgan fingerprint density at radius 1 is 1.21 bits per heavy atom. The molecule has 10 heteroatoms. The fourth-order valence-corrected chi connectivity index (χ4v) is 4.17. The summed E-state index contributed by atoms with van der Waals surface area (Å²) in [5.41, 5.74) is 0.872. The van der Waals surface area contributed by atoms with Crippen molar-refractivity contribution in [2.75, 3.05) is 33.2 Å². The highest BCUT2D eigenvalue weighted by molar-refractivity contribution is 6.31. The number of likely N-dealkylation sites (N-methyl/N-ethyl adjacent to an activating group) is 1. The van der Waals surface area contributed by atoms with Crippen LogP contribution in [0.25, 0.3) is 0 Å². The van der Waals surface area contributed by atoms with E-state index in [0.29, 0.717) is 43.7 Å². The van der Waals surface area contributed by atoms with Gasteiger partial charge < -0.3 is 19.6 Å². The molecule has 4 amide bonds. The summed E-state index contributed by atoms with van der Waals surface area (Å²) in [6.07, 6.45) is -0.598. The van der Waals surface area contributed by atoms with Gasteiger partial charge in [0.1, 0.15) is 0 Å². The molecule has 2 atom stereocenters. The quantitative estimate of drug-likeness (QED) is 0.757. The second-order valence-electron chi connectivity index (χ2n) is 7.41. The molecule has 3 aliphatic heterocycles. The van der Waals surface area contributed by atoms with Gasteiger partial charge in [-0.25, -0.2) is 9.79 Å². The van der Waals surface area contributed by atoms with E-state index >= 15 is 0 Å². The normalized spacial score (nSPS) is 24.4. The van der Waals surface area contributed by atoms with E-state index in [4.69, 9.17) is 16.6 Å². The molecule has 154 valence electrons. The van der Waals surface area contributed by atoms with Gasteiger partial charge in [-0.2, -0.15) is 0 Å². The van der Waals surface area contributed by atoms with Crippen LogP contribution in [0.3, 0.4) is 0 Å². The number of carbonyl (C=O) groups excluding carboxylic acids is 3. The van der Waals surface area contributed by atoms with E-state index in [-0.39, 0.29) is 11.8 Å². The lowest BCUT2D eigenvalue weighted by molar-refractivity contribution is -0.130. The first-order chi connectivity index (χ1) is 13.9.